The van der Waals surface area contributed by atoms with E-state index < -0.39 is 0 Å². The van der Waals surface area contributed by atoms with Crippen molar-refractivity contribution in [3.8, 4) is 0 Å². The molecule has 0 aliphatic heterocycles. The van der Waals surface area contributed by atoms with E-state index in [1.807, 2.05) is 0 Å². The van der Waals surface area contributed by atoms with Crippen molar-refractivity contribution in [2.45, 2.75) is 54.4 Å². The van der Waals surface area contributed by atoms with Gasteiger partial charge in [0.15, 0.2) is 0 Å². The Kier molecular flexibility index (Phi) is 7.04. The van der Waals surface area contributed by atoms with Gasteiger partial charge in [-0.2, -0.15) is 0 Å². The van der Waals surface area contributed by atoms with E-state index in [0.717, 1.165) is 28.0 Å². The van der Waals surface area contributed by atoms with Gasteiger partial charge in [-0.1, -0.05) is 50.1 Å². The van der Waals surface area contributed by atoms with Crippen molar-refractivity contribution in [3.05, 3.63) is 0 Å². The summed E-state index contributed by atoms with van der Waals surface area (Å²) in [6.07, 6.45) is 4.76. The van der Waals surface area contributed by atoms with Crippen LogP contribution in [0.2, 0.25) is 0 Å². The lowest BCUT2D eigenvalue weighted by Crippen LogP contribution is -2.09. The fourth-order valence-electron chi connectivity index (χ4n) is 1.06. The summed E-state index contributed by atoms with van der Waals surface area (Å²) < 4.78 is 5.64. The number of hydrogen-bond donors (Lipinski definition) is 0. The molecule has 0 fully saturated rings. The zero-order valence-electron chi connectivity index (χ0n) is 11.4. The molecule has 0 N–H and O–H groups in total. The van der Waals surface area contributed by atoms with E-state index in [0.29, 0.717) is 10.8 Å². The Labute approximate surface area is 98.1 Å². The minimum Gasteiger partial charge on any atom is -0.377 e. The molecule has 0 radical (unpaired) electrons. The molecule has 1 atom stereocenters. The molecule has 2 heteroatoms. The molecule has 0 rings (SSSR count). The summed E-state index contributed by atoms with van der Waals surface area (Å²) in [5, 5.41) is 0. The van der Waals surface area contributed by atoms with E-state index in [1.165, 1.54) is 12.6 Å². The molecule has 0 aromatic rings. The van der Waals surface area contributed by atoms with Crippen LogP contribution in [0.3, 0.4) is 0 Å². The fourth-order valence-corrected chi connectivity index (χ4v) is 2.42. The van der Waals surface area contributed by atoms with E-state index in [1.54, 1.807) is 0 Å². The summed E-state index contributed by atoms with van der Waals surface area (Å²) in [6, 6.07) is 0. The third-order valence-corrected chi connectivity index (χ3v) is 3.26. The molecule has 0 saturated heterocycles. The predicted molar refractivity (Wildman–Crippen MR) is 72.1 cm³/mol. The highest BCUT2D eigenvalue weighted by atomic mass is 31.1. The first-order valence-electron chi connectivity index (χ1n) is 5.99. The molecule has 0 saturated carbocycles. The van der Waals surface area contributed by atoms with Gasteiger partial charge >= 0.3 is 0 Å². The summed E-state index contributed by atoms with van der Waals surface area (Å²) in [6.45, 7) is 14.6. The monoisotopic (exact) mass is 232 g/mol. The van der Waals surface area contributed by atoms with E-state index in [2.05, 4.69) is 41.5 Å². The lowest BCUT2D eigenvalue weighted by atomic mass is 9.93. The Morgan fingerprint density at radius 2 is 1.40 bits per heavy atom. The second kappa shape index (κ2) is 6.86. The second-order valence-corrected chi connectivity index (χ2v) is 7.96. The zero-order chi connectivity index (χ0) is 11.9. The molecule has 0 amide bonds. The van der Waals surface area contributed by atoms with Crippen molar-refractivity contribution in [2.75, 3.05) is 19.1 Å². The van der Waals surface area contributed by atoms with Gasteiger partial charge in [-0.15, -0.1) is 0 Å². The van der Waals surface area contributed by atoms with Crippen LogP contribution in [-0.4, -0.2) is 19.1 Å². The molecule has 0 spiro atoms. The van der Waals surface area contributed by atoms with Crippen LogP contribution in [0.15, 0.2) is 0 Å². The standard InChI is InChI=1S/C13H29OP/c1-12(2,3)7-9-14-11-15-10-8-13(4,5)6/h15H,7-11H2,1-6H3. The average Bonchev–Trinajstić information content (AvgIpc) is 1.98. The summed E-state index contributed by atoms with van der Waals surface area (Å²) in [5.41, 5.74) is 0.896. The molecule has 0 heterocycles. The normalized spacial score (nSPS) is 14.0. The molecule has 92 valence electrons. The smallest absolute Gasteiger partial charge is 0.0630 e. The van der Waals surface area contributed by atoms with Crippen LogP contribution in [0.1, 0.15) is 54.4 Å². The highest BCUT2D eigenvalue weighted by molar-refractivity contribution is 7.37. The zero-order valence-corrected chi connectivity index (χ0v) is 12.4. The Balaban J connectivity index is 3.20. The number of hydrogen-bond acceptors (Lipinski definition) is 1. The first-order valence-corrected chi connectivity index (χ1v) is 7.41. The van der Waals surface area contributed by atoms with Gasteiger partial charge < -0.3 is 4.74 Å². The van der Waals surface area contributed by atoms with Gasteiger partial charge in [-0.25, -0.2) is 0 Å². The minimum atomic E-state index is 0.411. The Morgan fingerprint density at radius 1 is 0.867 bits per heavy atom. The summed E-state index contributed by atoms with van der Waals surface area (Å²) in [5.74, 6) is 0. The van der Waals surface area contributed by atoms with E-state index in [-0.39, 0.29) is 0 Å². The van der Waals surface area contributed by atoms with Gasteiger partial charge in [0.25, 0.3) is 0 Å². The van der Waals surface area contributed by atoms with E-state index in [4.69, 9.17) is 4.74 Å². The van der Waals surface area contributed by atoms with Crippen LogP contribution < -0.4 is 0 Å². The maximum atomic E-state index is 5.64. The van der Waals surface area contributed by atoms with Gasteiger partial charge in [-0.05, 0) is 29.8 Å². The quantitative estimate of drug-likeness (QED) is 0.483. The van der Waals surface area contributed by atoms with Crippen LogP contribution in [0.25, 0.3) is 0 Å². The lowest BCUT2D eigenvalue weighted by Gasteiger charge is -2.19. The van der Waals surface area contributed by atoms with Gasteiger partial charge in [0.1, 0.15) is 0 Å². The lowest BCUT2D eigenvalue weighted by molar-refractivity contribution is 0.146. The predicted octanol–water partition coefficient (Wildman–Crippen LogP) is 4.51. The van der Waals surface area contributed by atoms with Crippen molar-refractivity contribution in [3.63, 3.8) is 0 Å². The molecule has 0 aliphatic carbocycles. The van der Waals surface area contributed by atoms with Crippen LogP contribution >= 0.6 is 8.58 Å². The van der Waals surface area contributed by atoms with Gasteiger partial charge in [0, 0.05) is 6.61 Å². The highest BCUT2D eigenvalue weighted by Gasteiger charge is 2.10. The van der Waals surface area contributed by atoms with Crippen LogP contribution in [0.4, 0.5) is 0 Å². The summed E-state index contributed by atoms with van der Waals surface area (Å²) >= 11 is 0. The van der Waals surface area contributed by atoms with Crippen molar-refractivity contribution >= 4 is 8.58 Å². The Morgan fingerprint density at radius 3 is 1.87 bits per heavy atom. The third kappa shape index (κ3) is 14.4. The minimum absolute atomic E-state index is 0.411. The summed E-state index contributed by atoms with van der Waals surface area (Å²) in [7, 11) is 0.977. The number of ether oxygens (including phenoxy) is 1. The maximum absolute atomic E-state index is 5.64. The van der Waals surface area contributed by atoms with Crippen LogP contribution in [-0.2, 0) is 4.74 Å². The SMILES string of the molecule is CC(C)(C)CCOCPCCC(C)(C)C. The largest absolute Gasteiger partial charge is 0.377 e. The summed E-state index contributed by atoms with van der Waals surface area (Å²) in [4.78, 5) is 0. The molecule has 0 aromatic heterocycles. The Bertz CT molecular complexity index is 135. The van der Waals surface area contributed by atoms with E-state index >= 15 is 0 Å². The topological polar surface area (TPSA) is 9.23 Å². The molecule has 15 heavy (non-hydrogen) atoms. The molecule has 1 nitrogen and oxygen atoms in total. The van der Waals surface area contributed by atoms with Crippen molar-refractivity contribution in [2.24, 2.45) is 10.8 Å². The van der Waals surface area contributed by atoms with Gasteiger partial charge in [0.2, 0.25) is 0 Å². The molecule has 0 aliphatic rings. The Hall–Kier alpha value is 0.390. The first-order chi connectivity index (χ1) is 6.71. The fraction of sp³-hybridized carbons (Fsp3) is 1.00. The van der Waals surface area contributed by atoms with Gasteiger partial charge in [0.05, 0.1) is 6.35 Å². The van der Waals surface area contributed by atoms with Crippen molar-refractivity contribution in [1.82, 2.24) is 0 Å². The molecule has 0 aromatic carbocycles. The molecule has 1 unspecified atom stereocenters. The van der Waals surface area contributed by atoms with E-state index in [9.17, 15) is 0 Å². The van der Waals surface area contributed by atoms with Crippen molar-refractivity contribution in [1.29, 1.82) is 0 Å². The van der Waals surface area contributed by atoms with Crippen LogP contribution in [0, 0.1) is 10.8 Å². The average molecular weight is 232 g/mol. The maximum Gasteiger partial charge on any atom is 0.0630 e. The molecule has 0 bridgehead atoms. The van der Waals surface area contributed by atoms with Crippen LogP contribution in [0.5, 0.6) is 0 Å². The second-order valence-electron chi connectivity index (χ2n) is 6.67. The highest BCUT2D eigenvalue weighted by Crippen LogP contribution is 2.24. The first kappa shape index (κ1) is 15.4. The van der Waals surface area contributed by atoms with Gasteiger partial charge in [-0.3, -0.25) is 0 Å². The third-order valence-electron chi connectivity index (χ3n) is 2.25. The number of rotatable bonds is 6. The molecular formula is C13H29OP. The molecular weight excluding hydrogens is 203 g/mol. The van der Waals surface area contributed by atoms with Crippen molar-refractivity contribution < 1.29 is 4.74 Å².